The molecule has 5 heteroatoms. The zero-order valence-corrected chi connectivity index (χ0v) is 12.0. The van der Waals surface area contributed by atoms with Crippen LogP contribution in [0.2, 0.25) is 0 Å². The Labute approximate surface area is 119 Å². The summed E-state index contributed by atoms with van der Waals surface area (Å²) in [6, 6.07) is 8.79. The van der Waals surface area contributed by atoms with Gasteiger partial charge in [-0.2, -0.15) is 5.26 Å². The van der Waals surface area contributed by atoms with E-state index in [-0.39, 0.29) is 12.5 Å². The van der Waals surface area contributed by atoms with Crippen LogP contribution in [0.3, 0.4) is 0 Å². The first-order valence-electron chi connectivity index (χ1n) is 6.48. The number of hydrogen-bond donors (Lipinski definition) is 2. The third-order valence-corrected chi connectivity index (χ3v) is 2.88. The van der Waals surface area contributed by atoms with Crippen molar-refractivity contribution in [3.8, 4) is 11.8 Å². The van der Waals surface area contributed by atoms with Gasteiger partial charge in [0.2, 0.25) is 0 Å². The Morgan fingerprint density at radius 1 is 1.50 bits per heavy atom. The number of ether oxygens (including phenoxy) is 1. The summed E-state index contributed by atoms with van der Waals surface area (Å²) in [5.74, 6) is 0.105. The normalized spacial score (nSPS) is 12.3. The lowest BCUT2D eigenvalue weighted by Crippen LogP contribution is -2.49. The van der Waals surface area contributed by atoms with Crippen molar-refractivity contribution in [1.29, 1.82) is 5.26 Å². The number of rotatable bonds is 6. The Morgan fingerprint density at radius 2 is 2.15 bits per heavy atom. The summed E-state index contributed by atoms with van der Waals surface area (Å²) >= 11 is 0. The van der Waals surface area contributed by atoms with Crippen LogP contribution < -0.4 is 10.1 Å². The minimum atomic E-state index is -0.720. The molecule has 0 radical (unpaired) electrons. The summed E-state index contributed by atoms with van der Waals surface area (Å²) in [4.78, 5) is 12.0. The molecule has 0 aliphatic rings. The van der Waals surface area contributed by atoms with Gasteiger partial charge in [0.05, 0.1) is 5.56 Å². The zero-order chi connectivity index (χ0) is 15.2. The van der Waals surface area contributed by atoms with Crippen LogP contribution in [0.1, 0.15) is 32.8 Å². The van der Waals surface area contributed by atoms with Crippen molar-refractivity contribution >= 4 is 5.91 Å². The third kappa shape index (κ3) is 4.56. The van der Waals surface area contributed by atoms with Crippen LogP contribution in [0.5, 0.6) is 5.75 Å². The molecule has 0 fully saturated rings. The first-order valence-corrected chi connectivity index (χ1v) is 6.48. The van der Waals surface area contributed by atoms with E-state index in [0.29, 0.717) is 17.7 Å². The Morgan fingerprint density at radius 3 is 2.75 bits per heavy atom. The summed E-state index contributed by atoms with van der Waals surface area (Å²) in [7, 11) is 0. The molecule has 5 nitrogen and oxygen atoms in total. The molecule has 0 aliphatic heterocycles. The number of hydrogen-bond acceptors (Lipinski definition) is 4. The van der Waals surface area contributed by atoms with Gasteiger partial charge in [-0.3, -0.25) is 4.79 Å². The van der Waals surface area contributed by atoms with Crippen LogP contribution in [0.15, 0.2) is 24.3 Å². The van der Waals surface area contributed by atoms with Gasteiger partial charge in [0, 0.05) is 12.1 Å². The number of aliphatic hydroxyl groups is 1. The summed E-state index contributed by atoms with van der Waals surface area (Å²) in [6.45, 7) is 5.28. The molecule has 1 aromatic carbocycles. The average molecular weight is 276 g/mol. The van der Waals surface area contributed by atoms with E-state index in [1.165, 1.54) is 0 Å². The summed E-state index contributed by atoms with van der Waals surface area (Å²) in [5, 5.41) is 20.7. The number of nitrogens with zero attached hydrogens (tertiary/aromatic N) is 1. The van der Waals surface area contributed by atoms with Crippen molar-refractivity contribution < 1.29 is 14.6 Å². The number of aliphatic hydroxyl groups excluding tert-OH is 1. The summed E-state index contributed by atoms with van der Waals surface area (Å²) < 4.78 is 5.53. The Balaban J connectivity index is 2.69. The highest BCUT2D eigenvalue weighted by Gasteiger charge is 2.24. The highest BCUT2D eigenvalue weighted by molar-refractivity contribution is 5.81. The van der Waals surface area contributed by atoms with Gasteiger partial charge >= 0.3 is 0 Å². The molecule has 108 valence electrons. The zero-order valence-electron chi connectivity index (χ0n) is 12.0. The van der Waals surface area contributed by atoms with Gasteiger partial charge in [-0.15, -0.1) is 0 Å². The number of nitriles is 1. The van der Waals surface area contributed by atoms with Gasteiger partial charge in [-0.05, 0) is 39.3 Å². The van der Waals surface area contributed by atoms with Crippen molar-refractivity contribution in [2.75, 3.05) is 6.61 Å². The molecule has 0 aliphatic carbocycles. The predicted octanol–water partition coefficient (Wildman–Crippen LogP) is 1.60. The van der Waals surface area contributed by atoms with Gasteiger partial charge in [-0.1, -0.05) is 12.1 Å². The first-order chi connectivity index (χ1) is 9.39. The standard InChI is InChI=1S/C15H20N2O3/c1-11(14(19)17-15(2,3)8-9-18)20-13-7-5-4-6-12(13)10-16/h4-7,11,18H,8-9H2,1-3H3,(H,17,19). The second-order valence-electron chi connectivity index (χ2n) is 5.21. The fraction of sp³-hybridized carbons (Fsp3) is 0.467. The summed E-state index contributed by atoms with van der Waals surface area (Å²) in [5.41, 5.74) is -0.111. The molecule has 2 N–H and O–H groups in total. The molecule has 20 heavy (non-hydrogen) atoms. The van der Waals surface area contributed by atoms with E-state index in [1.54, 1.807) is 31.2 Å². The monoisotopic (exact) mass is 276 g/mol. The maximum absolute atomic E-state index is 12.0. The Hall–Kier alpha value is -2.06. The van der Waals surface area contributed by atoms with Crippen LogP contribution in [0.4, 0.5) is 0 Å². The molecule has 0 bridgehead atoms. The van der Waals surface area contributed by atoms with Crippen LogP contribution in [0.25, 0.3) is 0 Å². The molecule has 1 unspecified atom stereocenters. The van der Waals surface area contributed by atoms with Crippen molar-refractivity contribution in [1.82, 2.24) is 5.32 Å². The second kappa shape index (κ2) is 6.92. The van der Waals surface area contributed by atoms with Crippen molar-refractivity contribution in [2.45, 2.75) is 38.8 Å². The molecule has 0 saturated carbocycles. The maximum Gasteiger partial charge on any atom is 0.261 e. The number of amides is 1. The lowest BCUT2D eigenvalue weighted by Gasteiger charge is -2.27. The van der Waals surface area contributed by atoms with Gasteiger partial charge in [0.1, 0.15) is 11.8 Å². The van der Waals surface area contributed by atoms with E-state index >= 15 is 0 Å². The van der Waals surface area contributed by atoms with Gasteiger partial charge in [-0.25, -0.2) is 0 Å². The molecule has 1 rings (SSSR count). The highest BCUT2D eigenvalue weighted by Crippen LogP contribution is 2.18. The van der Waals surface area contributed by atoms with Gasteiger partial charge in [0.25, 0.3) is 5.91 Å². The third-order valence-electron chi connectivity index (χ3n) is 2.88. The van der Waals surface area contributed by atoms with E-state index in [2.05, 4.69) is 5.32 Å². The van der Waals surface area contributed by atoms with E-state index in [9.17, 15) is 4.79 Å². The molecule has 0 spiro atoms. The number of carbonyl (C=O) groups excluding carboxylic acids is 1. The fourth-order valence-electron chi connectivity index (χ4n) is 1.68. The van der Waals surface area contributed by atoms with Crippen LogP contribution >= 0.6 is 0 Å². The van der Waals surface area contributed by atoms with Crippen molar-refractivity contribution in [3.63, 3.8) is 0 Å². The van der Waals surface area contributed by atoms with Crippen LogP contribution in [-0.2, 0) is 4.79 Å². The first kappa shape index (κ1) is 16.0. The second-order valence-corrected chi connectivity index (χ2v) is 5.21. The molecular formula is C15H20N2O3. The fourth-order valence-corrected chi connectivity index (χ4v) is 1.68. The lowest BCUT2D eigenvalue weighted by molar-refractivity contribution is -0.129. The van der Waals surface area contributed by atoms with E-state index < -0.39 is 11.6 Å². The minimum Gasteiger partial charge on any atom is -0.480 e. The van der Waals surface area contributed by atoms with E-state index in [4.69, 9.17) is 15.1 Å². The minimum absolute atomic E-state index is 0.000214. The molecule has 1 aromatic rings. The molecule has 1 amide bonds. The highest BCUT2D eigenvalue weighted by atomic mass is 16.5. The van der Waals surface area contributed by atoms with Crippen molar-refractivity contribution in [2.24, 2.45) is 0 Å². The number of carbonyl (C=O) groups is 1. The molecule has 1 atom stereocenters. The Bertz CT molecular complexity index is 506. The lowest BCUT2D eigenvalue weighted by atomic mass is 10.0. The SMILES string of the molecule is CC(Oc1ccccc1C#N)C(=O)NC(C)(C)CCO. The smallest absolute Gasteiger partial charge is 0.261 e. The van der Waals surface area contributed by atoms with Crippen LogP contribution in [0, 0.1) is 11.3 Å². The number of para-hydroxylation sites is 1. The maximum atomic E-state index is 12.0. The quantitative estimate of drug-likeness (QED) is 0.827. The largest absolute Gasteiger partial charge is 0.480 e. The molecule has 0 aromatic heterocycles. The van der Waals surface area contributed by atoms with E-state index in [1.807, 2.05) is 19.9 Å². The molecule has 0 heterocycles. The topological polar surface area (TPSA) is 82.3 Å². The van der Waals surface area contributed by atoms with E-state index in [0.717, 1.165) is 0 Å². The Kier molecular flexibility index (Phi) is 5.53. The van der Waals surface area contributed by atoms with Crippen LogP contribution in [-0.4, -0.2) is 29.3 Å². The molecular weight excluding hydrogens is 256 g/mol. The average Bonchev–Trinajstić information content (AvgIpc) is 2.38. The number of nitrogens with one attached hydrogen (secondary N) is 1. The molecule has 0 saturated heterocycles. The van der Waals surface area contributed by atoms with Crippen molar-refractivity contribution in [3.05, 3.63) is 29.8 Å². The van der Waals surface area contributed by atoms with Gasteiger partial charge < -0.3 is 15.2 Å². The number of benzene rings is 1. The summed E-state index contributed by atoms with van der Waals surface area (Å²) in [6.07, 6.45) is -0.261. The van der Waals surface area contributed by atoms with Gasteiger partial charge in [0.15, 0.2) is 6.10 Å². The predicted molar refractivity (Wildman–Crippen MR) is 75.2 cm³/mol.